The lowest BCUT2D eigenvalue weighted by atomic mass is 10.3. The molecule has 2 aromatic rings. The SMILES string of the molecule is Cn1c([N+](=O)[O-])cnc1CSC(=S)Oc1ccccc1. The van der Waals surface area contributed by atoms with Crippen LogP contribution in [-0.2, 0) is 12.8 Å². The molecule has 0 aliphatic heterocycles. The van der Waals surface area contributed by atoms with Crippen molar-refractivity contribution in [2.45, 2.75) is 5.75 Å². The van der Waals surface area contributed by atoms with Crippen LogP contribution in [0.2, 0.25) is 0 Å². The maximum absolute atomic E-state index is 10.7. The molecule has 0 atom stereocenters. The Kier molecular flexibility index (Phi) is 4.70. The van der Waals surface area contributed by atoms with Crippen molar-refractivity contribution in [2.75, 3.05) is 0 Å². The molecule has 1 aromatic heterocycles. The summed E-state index contributed by atoms with van der Waals surface area (Å²) in [6, 6.07) is 9.20. The highest BCUT2D eigenvalue weighted by Gasteiger charge is 2.17. The summed E-state index contributed by atoms with van der Waals surface area (Å²) in [7, 11) is 1.60. The van der Waals surface area contributed by atoms with E-state index in [2.05, 4.69) is 4.98 Å². The number of aromatic nitrogens is 2. The van der Waals surface area contributed by atoms with E-state index in [1.54, 1.807) is 19.2 Å². The van der Waals surface area contributed by atoms with E-state index in [-0.39, 0.29) is 5.82 Å². The third kappa shape index (κ3) is 3.55. The number of para-hydroxylation sites is 1. The topological polar surface area (TPSA) is 70.2 Å². The van der Waals surface area contributed by atoms with E-state index < -0.39 is 4.92 Å². The van der Waals surface area contributed by atoms with Crippen LogP contribution < -0.4 is 4.74 Å². The highest BCUT2D eigenvalue weighted by molar-refractivity contribution is 8.22. The van der Waals surface area contributed by atoms with Gasteiger partial charge in [0.15, 0.2) is 0 Å². The summed E-state index contributed by atoms with van der Waals surface area (Å²) in [5, 5.41) is 10.7. The highest BCUT2D eigenvalue weighted by Crippen LogP contribution is 2.20. The van der Waals surface area contributed by atoms with Gasteiger partial charge in [0.1, 0.15) is 11.9 Å². The average Bonchev–Trinajstić information content (AvgIpc) is 2.79. The van der Waals surface area contributed by atoms with Crippen molar-refractivity contribution in [3.05, 3.63) is 52.5 Å². The van der Waals surface area contributed by atoms with Crippen molar-refractivity contribution in [3.63, 3.8) is 0 Å². The fraction of sp³-hybridized carbons (Fsp3) is 0.167. The van der Waals surface area contributed by atoms with Gasteiger partial charge in [-0.05, 0) is 29.3 Å². The van der Waals surface area contributed by atoms with Crippen LogP contribution in [0.25, 0.3) is 0 Å². The van der Waals surface area contributed by atoms with Crippen molar-refractivity contribution in [1.82, 2.24) is 9.55 Å². The number of thiocarbonyl (C=S) groups is 1. The summed E-state index contributed by atoms with van der Waals surface area (Å²) in [6.07, 6.45) is 1.23. The first-order valence-corrected chi connectivity index (χ1v) is 7.02. The molecular formula is C12H11N3O3S2. The third-order valence-electron chi connectivity index (χ3n) is 2.51. The van der Waals surface area contributed by atoms with Gasteiger partial charge < -0.3 is 14.9 Å². The number of hydrogen-bond donors (Lipinski definition) is 0. The minimum Gasteiger partial charge on any atom is -0.440 e. The quantitative estimate of drug-likeness (QED) is 0.491. The zero-order valence-corrected chi connectivity index (χ0v) is 12.2. The standard InChI is InChI=1S/C12H11N3O3S2/c1-14-10(13-7-11(14)15(16)17)8-20-12(19)18-9-5-3-2-4-6-9/h2-7H,8H2,1H3. The summed E-state index contributed by atoms with van der Waals surface area (Å²) < 4.78 is 7.23. The average molecular weight is 309 g/mol. The van der Waals surface area contributed by atoms with Gasteiger partial charge in [-0.25, -0.2) is 9.55 Å². The summed E-state index contributed by atoms with van der Waals surface area (Å²) in [5.41, 5.74) is 0. The smallest absolute Gasteiger partial charge is 0.342 e. The van der Waals surface area contributed by atoms with Crippen LogP contribution in [-0.4, -0.2) is 18.9 Å². The van der Waals surface area contributed by atoms with E-state index in [0.717, 1.165) is 0 Å². The van der Waals surface area contributed by atoms with E-state index >= 15 is 0 Å². The Morgan fingerprint density at radius 1 is 1.50 bits per heavy atom. The molecule has 0 fully saturated rings. The van der Waals surface area contributed by atoms with Crippen LogP contribution in [0, 0.1) is 10.1 Å². The molecule has 0 aliphatic rings. The third-order valence-corrected chi connectivity index (χ3v) is 3.67. The second-order valence-electron chi connectivity index (χ2n) is 3.80. The Morgan fingerprint density at radius 3 is 2.80 bits per heavy atom. The van der Waals surface area contributed by atoms with Crippen molar-refractivity contribution in [1.29, 1.82) is 0 Å². The predicted molar refractivity (Wildman–Crippen MR) is 80.8 cm³/mol. The predicted octanol–water partition coefficient (Wildman–Crippen LogP) is 2.93. The Labute approximate surface area is 124 Å². The first kappa shape index (κ1) is 14.5. The number of imidazole rings is 1. The van der Waals surface area contributed by atoms with Gasteiger partial charge in [0.2, 0.25) is 10.2 Å². The number of nitro groups is 1. The normalized spacial score (nSPS) is 10.2. The molecule has 1 aromatic carbocycles. The number of thioether (sulfide) groups is 1. The zero-order valence-electron chi connectivity index (χ0n) is 10.6. The Bertz CT molecular complexity index is 628. The van der Waals surface area contributed by atoms with Crippen LogP contribution >= 0.6 is 24.0 Å². The maximum Gasteiger partial charge on any atom is 0.342 e. The molecule has 0 aliphatic carbocycles. The Balaban J connectivity index is 1.92. The first-order chi connectivity index (χ1) is 9.58. The lowest BCUT2D eigenvalue weighted by Crippen LogP contribution is -2.04. The number of ether oxygens (including phenoxy) is 1. The molecule has 104 valence electrons. The molecular weight excluding hydrogens is 298 g/mol. The molecule has 1 heterocycles. The van der Waals surface area contributed by atoms with E-state index in [1.807, 2.05) is 18.2 Å². The monoisotopic (exact) mass is 309 g/mol. The number of rotatable bonds is 4. The van der Waals surface area contributed by atoms with Gasteiger partial charge in [-0.3, -0.25) is 0 Å². The summed E-state index contributed by atoms with van der Waals surface area (Å²) in [6.45, 7) is 0. The fourth-order valence-corrected chi connectivity index (χ4v) is 2.42. The van der Waals surface area contributed by atoms with Crippen molar-refractivity contribution < 1.29 is 9.66 Å². The number of hydrogen-bond acceptors (Lipinski definition) is 6. The van der Waals surface area contributed by atoms with Crippen LogP contribution in [0.4, 0.5) is 5.82 Å². The lowest BCUT2D eigenvalue weighted by Gasteiger charge is -2.05. The molecule has 0 saturated carbocycles. The molecule has 8 heteroatoms. The summed E-state index contributed by atoms with van der Waals surface area (Å²) in [4.78, 5) is 14.2. The van der Waals surface area contributed by atoms with Gasteiger partial charge in [0.05, 0.1) is 12.8 Å². The molecule has 0 N–H and O–H groups in total. The van der Waals surface area contributed by atoms with Gasteiger partial charge in [-0.2, -0.15) is 0 Å². The molecule has 20 heavy (non-hydrogen) atoms. The molecule has 0 bridgehead atoms. The molecule has 0 spiro atoms. The van der Waals surface area contributed by atoms with E-state index in [1.165, 1.54) is 22.5 Å². The van der Waals surface area contributed by atoms with E-state index in [9.17, 15) is 10.1 Å². The molecule has 2 rings (SSSR count). The largest absolute Gasteiger partial charge is 0.440 e. The van der Waals surface area contributed by atoms with Crippen LogP contribution in [0.3, 0.4) is 0 Å². The highest BCUT2D eigenvalue weighted by atomic mass is 32.2. The first-order valence-electron chi connectivity index (χ1n) is 5.62. The van der Waals surface area contributed by atoms with Crippen LogP contribution in [0.5, 0.6) is 5.75 Å². The van der Waals surface area contributed by atoms with Gasteiger partial charge >= 0.3 is 5.82 Å². The minimum absolute atomic E-state index is 0.0458. The lowest BCUT2D eigenvalue weighted by molar-refractivity contribution is -0.391. The van der Waals surface area contributed by atoms with Crippen molar-refractivity contribution in [2.24, 2.45) is 7.05 Å². The van der Waals surface area contributed by atoms with Gasteiger partial charge in [-0.15, -0.1) is 0 Å². The van der Waals surface area contributed by atoms with Gasteiger partial charge in [0.25, 0.3) is 0 Å². The van der Waals surface area contributed by atoms with Crippen LogP contribution in [0.1, 0.15) is 5.82 Å². The fourth-order valence-electron chi connectivity index (χ4n) is 1.48. The summed E-state index contributed by atoms with van der Waals surface area (Å²) >= 11 is 6.37. The molecule has 6 nitrogen and oxygen atoms in total. The Morgan fingerprint density at radius 2 is 2.20 bits per heavy atom. The molecule has 0 saturated heterocycles. The van der Waals surface area contributed by atoms with Gasteiger partial charge in [-0.1, -0.05) is 30.0 Å². The van der Waals surface area contributed by atoms with Gasteiger partial charge in [0, 0.05) is 0 Å². The second kappa shape index (κ2) is 6.49. The second-order valence-corrected chi connectivity index (χ2v) is 5.38. The van der Waals surface area contributed by atoms with Crippen LogP contribution in [0.15, 0.2) is 36.5 Å². The number of benzene rings is 1. The van der Waals surface area contributed by atoms with E-state index in [4.69, 9.17) is 17.0 Å². The minimum atomic E-state index is -0.472. The molecule has 0 unspecified atom stereocenters. The zero-order chi connectivity index (χ0) is 14.5. The maximum atomic E-state index is 10.7. The van der Waals surface area contributed by atoms with Crippen molar-refractivity contribution >= 4 is 34.2 Å². The van der Waals surface area contributed by atoms with Crippen molar-refractivity contribution in [3.8, 4) is 5.75 Å². The molecule has 0 amide bonds. The van der Waals surface area contributed by atoms with E-state index in [0.29, 0.717) is 21.7 Å². The number of nitrogens with zero attached hydrogens (tertiary/aromatic N) is 3. The molecule has 0 radical (unpaired) electrons. The Hall–Kier alpha value is -1.93. The summed E-state index contributed by atoms with van der Waals surface area (Å²) in [5.74, 6) is 1.60.